The van der Waals surface area contributed by atoms with Crippen LogP contribution in [0.25, 0.3) is 0 Å². The minimum absolute atomic E-state index is 0.131. The van der Waals surface area contributed by atoms with Gasteiger partial charge in [0.15, 0.2) is 0 Å². The normalized spacial score (nSPS) is 21.2. The first-order chi connectivity index (χ1) is 20.7. The van der Waals surface area contributed by atoms with E-state index in [0.717, 1.165) is 58.0 Å². The summed E-state index contributed by atoms with van der Waals surface area (Å²) in [5.41, 5.74) is 2.77. The van der Waals surface area contributed by atoms with Crippen molar-refractivity contribution < 1.29 is 9.59 Å². The molecule has 8 heteroatoms. The van der Waals surface area contributed by atoms with Crippen molar-refractivity contribution in [1.29, 1.82) is 0 Å². The molecule has 5 rings (SSSR count). The van der Waals surface area contributed by atoms with Crippen molar-refractivity contribution in [3.05, 3.63) is 39.1 Å². The topological polar surface area (TPSA) is 70.5 Å². The lowest BCUT2D eigenvalue weighted by molar-refractivity contribution is -0.126. The fourth-order valence-corrected chi connectivity index (χ4v) is 8.22. The van der Waals surface area contributed by atoms with Crippen molar-refractivity contribution in [3.8, 4) is 0 Å². The van der Waals surface area contributed by atoms with Crippen LogP contribution in [-0.4, -0.2) is 64.3 Å². The van der Waals surface area contributed by atoms with Gasteiger partial charge in [0.25, 0.3) is 0 Å². The molecule has 1 amide bonds. The molecule has 0 spiro atoms. The van der Waals surface area contributed by atoms with Gasteiger partial charge in [0, 0.05) is 65.4 Å². The second-order valence-electron chi connectivity index (χ2n) is 13.6. The van der Waals surface area contributed by atoms with Crippen LogP contribution in [0.2, 0.25) is 0 Å². The van der Waals surface area contributed by atoms with Crippen LogP contribution in [0.3, 0.4) is 0 Å². The molecular weight excluding hydrogens is 554 g/mol. The highest BCUT2D eigenvalue weighted by Gasteiger charge is 2.32. The van der Waals surface area contributed by atoms with Crippen molar-refractivity contribution >= 4 is 23.5 Å². The summed E-state index contributed by atoms with van der Waals surface area (Å²) >= 11 is 1.85. The minimum atomic E-state index is 0.131. The van der Waals surface area contributed by atoms with Crippen LogP contribution in [0, 0.1) is 25.7 Å². The fourth-order valence-electron chi connectivity index (χ4n) is 7.26. The molecule has 2 aromatic heterocycles. The zero-order chi connectivity index (χ0) is 30.9. The van der Waals surface area contributed by atoms with Crippen LogP contribution in [-0.2, 0) is 22.6 Å². The van der Waals surface area contributed by atoms with Crippen LogP contribution < -0.4 is 5.32 Å². The number of aryl methyl sites for hydroxylation is 2. The van der Waals surface area contributed by atoms with Gasteiger partial charge in [-0.05, 0) is 84.5 Å². The van der Waals surface area contributed by atoms with E-state index < -0.39 is 0 Å². The number of carbonyl (C=O) groups excluding carboxylic acids is 2. The number of fused-ring (bicyclic) bond motifs is 1. The summed E-state index contributed by atoms with van der Waals surface area (Å²) in [7, 11) is 2.20. The van der Waals surface area contributed by atoms with E-state index in [4.69, 9.17) is 4.98 Å². The average molecular weight is 612 g/mol. The molecule has 3 unspecified atom stereocenters. The highest BCUT2D eigenvalue weighted by molar-refractivity contribution is 7.12. The van der Waals surface area contributed by atoms with Crippen LogP contribution in [0.1, 0.15) is 124 Å². The number of nitrogens with one attached hydrogen (secondary N) is 1. The number of carbonyl (C=O) groups is 2. The Kier molecular flexibility index (Phi) is 12.9. The molecule has 1 saturated carbocycles. The standard InChI is InChI=1S/C31H49N5OS.C4H8O/c1-5-25(36-23(3)32-28-21-34(4)18-16-29(28)36)20-26-12-9-17-35(26)19-15-27(30-14-13-22(2)38-30)33-31(37)24-10-7-6-8-11-24;1-4(2)3-5/h13-14,24-27H,5-12,15-21H2,1-4H3,(H,33,37);3-4H,1-2H3. The Morgan fingerprint density at radius 1 is 1.12 bits per heavy atom. The molecule has 2 aromatic rings. The summed E-state index contributed by atoms with van der Waals surface area (Å²) in [6.45, 7) is 14.8. The Labute approximate surface area is 264 Å². The van der Waals surface area contributed by atoms with Crippen molar-refractivity contribution in [2.24, 2.45) is 11.8 Å². The van der Waals surface area contributed by atoms with Gasteiger partial charge in [0.2, 0.25) is 5.91 Å². The van der Waals surface area contributed by atoms with Crippen molar-refractivity contribution in [2.75, 3.05) is 26.7 Å². The zero-order valence-corrected chi connectivity index (χ0v) is 28.6. The smallest absolute Gasteiger partial charge is 0.223 e. The number of rotatable bonds is 11. The molecule has 240 valence electrons. The molecule has 2 fully saturated rings. The van der Waals surface area contributed by atoms with Gasteiger partial charge in [-0.15, -0.1) is 11.3 Å². The molecule has 3 atom stereocenters. The number of amides is 1. The molecule has 0 bridgehead atoms. The third-order valence-corrected chi connectivity index (χ3v) is 10.8. The Hall–Kier alpha value is -2.03. The van der Waals surface area contributed by atoms with Crippen molar-refractivity contribution in [2.45, 2.75) is 130 Å². The van der Waals surface area contributed by atoms with Gasteiger partial charge in [-0.25, -0.2) is 4.98 Å². The molecule has 4 heterocycles. The first kappa shape index (κ1) is 33.9. The maximum absolute atomic E-state index is 13.2. The molecule has 1 aliphatic carbocycles. The predicted octanol–water partition coefficient (Wildman–Crippen LogP) is 7.02. The summed E-state index contributed by atoms with van der Waals surface area (Å²) in [5.74, 6) is 1.90. The number of imidazole rings is 1. The third-order valence-electron chi connectivity index (χ3n) is 9.67. The lowest BCUT2D eigenvalue weighted by Gasteiger charge is -2.32. The zero-order valence-electron chi connectivity index (χ0n) is 27.7. The van der Waals surface area contributed by atoms with Crippen molar-refractivity contribution in [1.82, 2.24) is 24.7 Å². The van der Waals surface area contributed by atoms with Gasteiger partial charge in [0.05, 0.1) is 11.7 Å². The number of aromatic nitrogens is 2. The molecule has 2 aliphatic heterocycles. The molecule has 1 N–H and O–H groups in total. The molecular formula is C35H57N5O2S. The van der Waals surface area contributed by atoms with E-state index in [1.165, 1.54) is 72.0 Å². The maximum Gasteiger partial charge on any atom is 0.223 e. The lowest BCUT2D eigenvalue weighted by atomic mass is 9.88. The van der Waals surface area contributed by atoms with E-state index in [1.54, 1.807) is 0 Å². The van der Waals surface area contributed by atoms with Crippen LogP contribution in [0.5, 0.6) is 0 Å². The Balaban J connectivity index is 0.000000782. The van der Waals surface area contributed by atoms with E-state index in [1.807, 2.05) is 25.2 Å². The largest absolute Gasteiger partial charge is 0.348 e. The summed E-state index contributed by atoms with van der Waals surface area (Å²) in [6, 6.07) is 5.70. The highest BCUT2D eigenvalue weighted by Crippen LogP contribution is 2.34. The van der Waals surface area contributed by atoms with Gasteiger partial charge >= 0.3 is 0 Å². The second-order valence-corrected chi connectivity index (χ2v) is 14.9. The van der Waals surface area contributed by atoms with Crippen LogP contribution >= 0.6 is 11.3 Å². The Morgan fingerprint density at radius 3 is 2.51 bits per heavy atom. The summed E-state index contributed by atoms with van der Waals surface area (Å²) < 4.78 is 2.60. The van der Waals surface area contributed by atoms with Gasteiger partial charge in [0.1, 0.15) is 12.1 Å². The number of likely N-dealkylation sites (tertiary alicyclic amines) is 1. The van der Waals surface area contributed by atoms with Gasteiger partial charge in [-0.3, -0.25) is 4.79 Å². The summed E-state index contributed by atoms with van der Waals surface area (Å²) in [4.78, 5) is 35.5. The quantitative estimate of drug-likeness (QED) is 0.277. The number of nitrogens with zero attached hydrogens (tertiary/aromatic N) is 4. The first-order valence-electron chi connectivity index (χ1n) is 17.0. The molecule has 1 saturated heterocycles. The minimum Gasteiger partial charge on any atom is -0.348 e. The third kappa shape index (κ3) is 9.24. The second kappa shape index (κ2) is 16.3. The van der Waals surface area contributed by atoms with E-state index in [-0.39, 0.29) is 23.8 Å². The SMILES string of the molecule is CC(C)C=O.CCC(CC1CCCN1CCC(NC(=O)C1CCCCC1)c1ccc(C)s1)n1c(C)nc2c1CCN(C)C2. The monoisotopic (exact) mass is 611 g/mol. The van der Waals surface area contributed by atoms with Crippen molar-refractivity contribution in [3.63, 3.8) is 0 Å². The Bertz CT molecular complexity index is 1170. The number of hydrogen-bond donors (Lipinski definition) is 1. The van der Waals surface area contributed by atoms with E-state index in [0.29, 0.717) is 12.1 Å². The van der Waals surface area contributed by atoms with Gasteiger partial charge < -0.3 is 24.5 Å². The molecule has 7 nitrogen and oxygen atoms in total. The summed E-state index contributed by atoms with van der Waals surface area (Å²) in [6.07, 6.45) is 13.7. The van der Waals surface area contributed by atoms with Crippen LogP contribution in [0.4, 0.5) is 0 Å². The number of likely N-dealkylation sites (N-methyl/N-ethyl adjacent to an activating group) is 1. The van der Waals surface area contributed by atoms with E-state index in [2.05, 4.69) is 59.6 Å². The number of hydrogen-bond acceptors (Lipinski definition) is 6. The first-order valence-corrected chi connectivity index (χ1v) is 17.8. The Morgan fingerprint density at radius 2 is 1.86 bits per heavy atom. The maximum atomic E-state index is 13.2. The van der Waals surface area contributed by atoms with Gasteiger partial charge in [-0.2, -0.15) is 0 Å². The highest BCUT2D eigenvalue weighted by atomic mass is 32.1. The molecule has 3 aliphatic rings. The predicted molar refractivity (Wildman–Crippen MR) is 178 cm³/mol. The fraction of sp³-hybridized carbons (Fsp3) is 0.743. The van der Waals surface area contributed by atoms with Crippen LogP contribution in [0.15, 0.2) is 12.1 Å². The number of aldehydes is 1. The summed E-state index contributed by atoms with van der Waals surface area (Å²) in [5, 5.41) is 3.50. The molecule has 0 aromatic carbocycles. The lowest BCUT2D eigenvalue weighted by Crippen LogP contribution is -2.38. The average Bonchev–Trinajstić information content (AvgIpc) is 3.72. The van der Waals surface area contributed by atoms with Gasteiger partial charge in [-0.1, -0.05) is 40.0 Å². The molecule has 43 heavy (non-hydrogen) atoms. The van der Waals surface area contributed by atoms with E-state index in [9.17, 15) is 9.59 Å². The number of thiophene rings is 1. The molecule has 0 radical (unpaired) electrons. The van der Waals surface area contributed by atoms with E-state index >= 15 is 0 Å².